The first-order valence-electron chi connectivity index (χ1n) is 8.93. The molecule has 0 spiro atoms. The van der Waals surface area contributed by atoms with Gasteiger partial charge >= 0.3 is 0 Å². The molecule has 2 N–H and O–H groups in total. The number of hydrogen-bond donors (Lipinski definition) is 2. The van der Waals surface area contributed by atoms with E-state index in [1.165, 1.54) is 19.2 Å². The van der Waals surface area contributed by atoms with Gasteiger partial charge in [0.2, 0.25) is 0 Å². The number of halogens is 4. The summed E-state index contributed by atoms with van der Waals surface area (Å²) in [6.07, 6.45) is 0.0421. The monoisotopic (exact) mass is 429 g/mol. The van der Waals surface area contributed by atoms with Gasteiger partial charge in [-0.1, -0.05) is 17.7 Å². The first-order chi connectivity index (χ1) is 14.3. The summed E-state index contributed by atoms with van der Waals surface area (Å²) in [5, 5.41) is 15.7. The van der Waals surface area contributed by atoms with Gasteiger partial charge in [-0.05, 0) is 35.9 Å². The van der Waals surface area contributed by atoms with Crippen LogP contribution in [0.1, 0.15) is 16.7 Å². The van der Waals surface area contributed by atoms with E-state index in [1.807, 2.05) is 6.07 Å². The number of hydrogen-bond acceptors (Lipinski definition) is 4. The fourth-order valence-electron chi connectivity index (χ4n) is 3.63. The van der Waals surface area contributed by atoms with Gasteiger partial charge < -0.3 is 15.4 Å². The average molecular weight is 430 g/mol. The first kappa shape index (κ1) is 19.9. The fraction of sp³-hybridized carbons (Fsp3) is 0.136. The van der Waals surface area contributed by atoms with Crippen molar-refractivity contribution in [1.82, 2.24) is 0 Å². The molecule has 3 aromatic carbocycles. The van der Waals surface area contributed by atoms with Crippen LogP contribution in [0.5, 0.6) is 5.75 Å². The highest BCUT2D eigenvalue weighted by atomic mass is 35.5. The molecule has 1 aliphatic heterocycles. The number of nitrogens with zero attached hydrogens (tertiary/aromatic N) is 1. The number of anilines is 2. The molecule has 4 nitrogen and oxygen atoms in total. The third kappa shape index (κ3) is 3.40. The summed E-state index contributed by atoms with van der Waals surface area (Å²) in [5.41, 5.74) is 0.497. The number of nitriles is 1. The molecular weight excluding hydrogens is 415 g/mol. The zero-order chi connectivity index (χ0) is 21.5. The Labute approximate surface area is 175 Å². The molecule has 1 aliphatic rings. The number of ether oxygens (including phenoxy) is 1. The molecule has 0 bridgehead atoms. The molecule has 0 radical (unpaired) electrons. The van der Waals surface area contributed by atoms with Crippen molar-refractivity contribution in [2.45, 2.75) is 12.1 Å². The van der Waals surface area contributed by atoms with E-state index in [0.29, 0.717) is 33.3 Å². The average Bonchev–Trinajstić information content (AvgIpc) is 3.07. The largest absolute Gasteiger partial charge is 0.496 e. The Bertz CT molecular complexity index is 1160. The molecule has 0 aromatic heterocycles. The van der Waals surface area contributed by atoms with Crippen LogP contribution < -0.4 is 15.4 Å². The molecule has 0 aliphatic carbocycles. The molecule has 0 atom stereocenters. The van der Waals surface area contributed by atoms with Crippen molar-refractivity contribution in [3.8, 4) is 11.8 Å². The van der Waals surface area contributed by atoms with Gasteiger partial charge in [0, 0.05) is 29.1 Å². The van der Waals surface area contributed by atoms with E-state index in [0.717, 1.165) is 18.2 Å². The second-order valence-electron chi connectivity index (χ2n) is 6.91. The molecule has 8 heteroatoms. The molecule has 30 heavy (non-hydrogen) atoms. The molecule has 3 aromatic rings. The maximum Gasteiger partial charge on any atom is 0.161 e. The van der Waals surface area contributed by atoms with Crippen LogP contribution in [0.15, 0.2) is 48.5 Å². The van der Waals surface area contributed by atoms with Crippen molar-refractivity contribution in [3.63, 3.8) is 0 Å². The van der Waals surface area contributed by atoms with Gasteiger partial charge in [0.25, 0.3) is 0 Å². The number of methoxy groups -OCH3 is 1. The lowest BCUT2D eigenvalue weighted by Gasteiger charge is -2.33. The molecule has 4 rings (SSSR count). The standard InChI is InChI=1S/C22H15ClF3N3O/c1-30-21-7-14(23)4-5-15(21)22(10-13-3-2-12(11-27)6-16(13)24)28-19-8-17(25)18(26)9-20(19)29-22/h2-9,28-29H,10H2,1H3. The Hall–Kier alpha value is -3.37. The summed E-state index contributed by atoms with van der Waals surface area (Å²) < 4.78 is 47.8. The van der Waals surface area contributed by atoms with Gasteiger partial charge in [0.05, 0.1) is 30.1 Å². The van der Waals surface area contributed by atoms with Crippen LogP contribution in [0.2, 0.25) is 5.02 Å². The van der Waals surface area contributed by atoms with Crippen LogP contribution in [-0.4, -0.2) is 7.11 Å². The van der Waals surface area contributed by atoms with E-state index >= 15 is 0 Å². The minimum absolute atomic E-state index is 0.0421. The molecule has 0 fully saturated rings. The lowest BCUT2D eigenvalue weighted by atomic mass is 9.90. The van der Waals surface area contributed by atoms with E-state index in [4.69, 9.17) is 21.6 Å². The van der Waals surface area contributed by atoms with Gasteiger partial charge in [-0.25, -0.2) is 13.2 Å². The fourth-order valence-corrected chi connectivity index (χ4v) is 3.79. The Morgan fingerprint density at radius 2 is 1.63 bits per heavy atom. The molecule has 1 heterocycles. The summed E-state index contributed by atoms with van der Waals surface area (Å²) in [5.74, 6) is -2.18. The predicted octanol–water partition coefficient (Wildman–Crippen LogP) is 5.57. The quantitative estimate of drug-likeness (QED) is 0.569. The molecular formula is C22H15ClF3N3O. The van der Waals surface area contributed by atoms with Gasteiger partial charge in [-0.3, -0.25) is 0 Å². The Morgan fingerprint density at radius 3 is 2.20 bits per heavy atom. The van der Waals surface area contributed by atoms with E-state index in [2.05, 4.69) is 10.6 Å². The van der Waals surface area contributed by atoms with E-state index in [1.54, 1.807) is 18.2 Å². The molecule has 0 saturated carbocycles. The van der Waals surface area contributed by atoms with Crippen molar-refractivity contribution < 1.29 is 17.9 Å². The third-order valence-corrected chi connectivity index (χ3v) is 5.25. The number of fused-ring (bicyclic) bond motifs is 1. The van der Waals surface area contributed by atoms with E-state index in [-0.39, 0.29) is 12.0 Å². The van der Waals surface area contributed by atoms with Crippen molar-refractivity contribution in [1.29, 1.82) is 5.26 Å². The minimum atomic E-state index is -1.19. The van der Waals surface area contributed by atoms with E-state index < -0.39 is 23.1 Å². The lowest BCUT2D eigenvalue weighted by molar-refractivity contribution is 0.396. The topological polar surface area (TPSA) is 57.1 Å². The summed E-state index contributed by atoms with van der Waals surface area (Å²) in [6, 6.07) is 13.1. The van der Waals surface area contributed by atoms with Crippen LogP contribution in [0.3, 0.4) is 0 Å². The lowest BCUT2D eigenvalue weighted by Crippen LogP contribution is -2.41. The summed E-state index contributed by atoms with van der Waals surface area (Å²) >= 11 is 6.09. The SMILES string of the molecule is COc1cc(Cl)ccc1C1(Cc2ccc(C#N)cc2F)Nc2cc(F)c(F)cc2N1. The smallest absolute Gasteiger partial charge is 0.161 e. The Morgan fingerprint density at radius 1 is 0.967 bits per heavy atom. The van der Waals surface area contributed by atoms with Crippen molar-refractivity contribution in [2.24, 2.45) is 0 Å². The van der Waals surface area contributed by atoms with Crippen LogP contribution in [0, 0.1) is 28.8 Å². The van der Waals surface area contributed by atoms with Crippen LogP contribution in [0.4, 0.5) is 24.5 Å². The van der Waals surface area contributed by atoms with Crippen molar-refractivity contribution >= 4 is 23.0 Å². The van der Waals surface area contributed by atoms with Gasteiger partial charge in [0.15, 0.2) is 11.6 Å². The van der Waals surface area contributed by atoms with Gasteiger partial charge in [-0.2, -0.15) is 5.26 Å². The van der Waals surface area contributed by atoms with Crippen LogP contribution in [0.25, 0.3) is 0 Å². The Balaban J connectivity index is 1.86. The normalized spacial score (nSPS) is 13.7. The number of benzene rings is 3. The number of rotatable bonds is 4. The molecule has 0 saturated heterocycles. The highest BCUT2D eigenvalue weighted by Gasteiger charge is 2.41. The van der Waals surface area contributed by atoms with Gasteiger partial charge in [0.1, 0.15) is 17.2 Å². The molecule has 152 valence electrons. The summed E-state index contributed by atoms with van der Waals surface area (Å²) in [6.45, 7) is 0. The highest BCUT2D eigenvalue weighted by Crippen LogP contribution is 2.45. The van der Waals surface area contributed by atoms with E-state index in [9.17, 15) is 13.2 Å². The zero-order valence-corrected chi connectivity index (χ0v) is 16.4. The summed E-state index contributed by atoms with van der Waals surface area (Å²) in [4.78, 5) is 0. The first-order valence-corrected chi connectivity index (χ1v) is 9.31. The van der Waals surface area contributed by atoms with Crippen molar-refractivity contribution in [3.05, 3.63) is 87.7 Å². The minimum Gasteiger partial charge on any atom is -0.496 e. The number of nitrogens with one attached hydrogen (secondary N) is 2. The van der Waals surface area contributed by atoms with Crippen LogP contribution in [-0.2, 0) is 12.1 Å². The summed E-state index contributed by atoms with van der Waals surface area (Å²) in [7, 11) is 1.46. The van der Waals surface area contributed by atoms with Crippen molar-refractivity contribution in [2.75, 3.05) is 17.7 Å². The maximum atomic E-state index is 14.7. The predicted molar refractivity (Wildman–Crippen MR) is 108 cm³/mol. The second-order valence-corrected chi connectivity index (χ2v) is 7.34. The molecule has 0 unspecified atom stereocenters. The highest BCUT2D eigenvalue weighted by molar-refractivity contribution is 6.30. The zero-order valence-electron chi connectivity index (χ0n) is 15.7. The second kappa shape index (κ2) is 7.47. The molecule has 0 amide bonds. The Kier molecular flexibility index (Phi) is 4.96. The van der Waals surface area contributed by atoms with Crippen LogP contribution >= 0.6 is 11.6 Å². The third-order valence-electron chi connectivity index (χ3n) is 5.02. The van der Waals surface area contributed by atoms with Gasteiger partial charge in [-0.15, -0.1) is 0 Å². The maximum absolute atomic E-state index is 14.7.